The van der Waals surface area contributed by atoms with Crippen LogP contribution in [0, 0.1) is 0 Å². The van der Waals surface area contributed by atoms with Crippen LogP contribution in [0.3, 0.4) is 0 Å². The van der Waals surface area contributed by atoms with E-state index in [1.54, 1.807) is 0 Å². The molecule has 2 aliphatic heterocycles. The summed E-state index contributed by atoms with van der Waals surface area (Å²) in [4.78, 5) is 0. The maximum absolute atomic E-state index is 10.7. The van der Waals surface area contributed by atoms with Gasteiger partial charge in [-0.25, -0.2) is 0 Å². The van der Waals surface area contributed by atoms with E-state index in [4.69, 9.17) is 14.6 Å². The van der Waals surface area contributed by atoms with Crippen LogP contribution < -0.4 is 0 Å². The summed E-state index contributed by atoms with van der Waals surface area (Å²) in [6, 6.07) is 0. The summed E-state index contributed by atoms with van der Waals surface area (Å²) in [5, 5.41) is 89.0. The fourth-order valence-electron chi connectivity index (χ4n) is 3.09. The molecule has 0 aromatic carbocycles. The zero-order valence-corrected chi connectivity index (χ0v) is 12.0. The van der Waals surface area contributed by atoms with Crippen LogP contribution in [-0.4, -0.2) is 120 Å². The Morgan fingerprint density at radius 3 is 2.00 bits per heavy atom. The van der Waals surface area contributed by atoms with E-state index in [1.807, 2.05) is 0 Å². The van der Waals surface area contributed by atoms with Crippen molar-refractivity contribution in [1.82, 2.24) is 0 Å². The second-order valence-corrected chi connectivity index (χ2v) is 5.85. The van der Waals surface area contributed by atoms with Gasteiger partial charge in [-0.3, -0.25) is 0 Å². The molecule has 0 aliphatic carbocycles. The molecule has 9 N–H and O–H groups in total. The summed E-state index contributed by atoms with van der Waals surface area (Å²) < 4.78 is 9.76. The fourth-order valence-corrected chi connectivity index (χ4v) is 3.09. The maximum Gasteiger partial charge on any atom is 0.184 e. The number of aliphatic hydroxyl groups excluding tert-OH is 7. The quantitative estimate of drug-likeness (QED) is 0.236. The van der Waals surface area contributed by atoms with Crippen molar-refractivity contribution in [3.05, 3.63) is 0 Å². The van der Waals surface area contributed by atoms with Crippen LogP contribution in [0.5, 0.6) is 0 Å². The van der Waals surface area contributed by atoms with Gasteiger partial charge in [0.05, 0.1) is 19.8 Å². The van der Waals surface area contributed by atoms with Crippen molar-refractivity contribution in [2.45, 2.75) is 54.1 Å². The van der Waals surface area contributed by atoms with Crippen molar-refractivity contribution < 1.29 is 55.4 Å². The highest BCUT2D eigenvalue weighted by molar-refractivity contribution is 5.18. The Hall–Kier alpha value is -0.440. The number of rotatable bonds is 3. The fraction of sp³-hybridized carbons (Fsp3) is 1.00. The molecule has 2 saturated heterocycles. The summed E-state index contributed by atoms with van der Waals surface area (Å²) in [6.45, 7) is -2.53. The first kappa shape index (κ1) is 18.9. The predicted molar refractivity (Wildman–Crippen MR) is 68.7 cm³/mol. The Balaban J connectivity index is 2.42. The average molecular weight is 342 g/mol. The van der Waals surface area contributed by atoms with Crippen molar-refractivity contribution in [3.8, 4) is 0 Å². The van der Waals surface area contributed by atoms with Gasteiger partial charge in [-0.15, -0.1) is 0 Å². The highest BCUT2D eigenvalue weighted by Gasteiger charge is 2.69. The van der Waals surface area contributed by atoms with Crippen LogP contribution in [0.15, 0.2) is 0 Å². The molecule has 0 bridgehead atoms. The lowest BCUT2D eigenvalue weighted by Gasteiger charge is -2.57. The first-order chi connectivity index (χ1) is 10.6. The molecule has 11 heteroatoms. The van der Waals surface area contributed by atoms with Crippen molar-refractivity contribution in [2.75, 3.05) is 19.8 Å². The van der Waals surface area contributed by atoms with E-state index >= 15 is 0 Å². The van der Waals surface area contributed by atoms with Gasteiger partial charge in [0.1, 0.15) is 36.6 Å². The predicted octanol–water partition coefficient (Wildman–Crippen LogP) is -6.01. The summed E-state index contributed by atoms with van der Waals surface area (Å²) >= 11 is 0. The van der Waals surface area contributed by atoms with Crippen molar-refractivity contribution in [3.63, 3.8) is 0 Å². The molecule has 2 aliphatic rings. The maximum atomic E-state index is 10.7. The summed E-state index contributed by atoms with van der Waals surface area (Å²) in [5.41, 5.74) is -5.66. The molecule has 2 rings (SSSR count). The van der Waals surface area contributed by atoms with Crippen molar-refractivity contribution in [1.29, 1.82) is 0 Å². The average Bonchev–Trinajstić information content (AvgIpc) is 2.54. The summed E-state index contributed by atoms with van der Waals surface area (Å²) in [7, 11) is 0. The van der Waals surface area contributed by atoms with E-state index in [-0.39, 0.29) is 0 Å². The van der Waals surface area contributed by atoms with Gasteiger partial charge in [-0.2, -0.15) is 0 Å². The van der Waals surface area contributed by atoms with E-state index in [0.29, 0.717) is 0 Å². The number of hydrogen-bond acceptors (Lipinski definition) is 11. The molecule has 136 valence electrons. The number of ether oxygens (including phenoxy) is 2. The summed E-state index contributed by atoms with van der Waals surface area (Å²) in [6.07, 6.45) is -13.3. The van der Waals surface area contributed by atoms with Crippen LogP contribution in [0.25, 0.3) is 0 Å². The third-order valence-corrected chi connectivity index (χ3v) is 4.61. The monoisotopic (exact) mass is 342 g/mol. The third-order valence-electron chi connectivity index (χ3n) is 4.61. The molecule has 23 heavy (non-hydrogen) atoms. The van der Waals surface area contributed by atoms with Gasteiger partial charge >= 0.3 is 0 Å². The van der Waals surface area contributed by atoms with Crippen LogP contribution >= 0.6 is 0 Å². The van der Waals surface area contributed by atoms with Gasteiger partial charge < -0.3 is 55.4 Å². The number of hydrogen-bond donors (Lipinski definition) is 9. The lowest BCUT2D eigenvalue weighted by atomic mass is 9.67. The summed E-state index contributed by atoms with van der Waals surface area (Å²) in [5.74, 6) is 0. The van der Waals surface area contributed by atoms with Gasteiger partial charge in [0.25, 0.3) is 0 Å². The minimum Gasteiger partial charge on any atom is -0.394 e. The smallest absolute Gasteiger partial charge is 0.184 e. The van der Waals surface area contributed by atoms with Crippen LogP contribution in [0.1, 0.15) is 0 Å². The van der Waals surface area contributed by atoms with E-state index in [1.165, 1.54) is 0 Å². The molecule has 0 aromatic heterocycles. The van der Waals surface area contributed by atoms with Crippen LogP contribution in [0.2, 0.25) is 0 Å². The third kappa shape index (κ3) is 2.58. The molecule has 9 atom stereocenters. The molecule has 0 aromatic rings. The SMILES string of the molecule is OC[C@H]1OC[C@](O)([C@]2(O)[C@H](O)[C@@H](O)[C@@H](O)O[C@@H]2CO)[C@@H](O)[C@@H]1O. The standard InChI is InChI=1S/C12H22O11/c13-1-4-6(15)8(17)11(20,3-22-4)12(21)5(2-14)23-10(19)7(16)9(12)18/h4-10,13-21H,1-3H2/t4-,5-,6-,7-,8+,9-,10+,11-,12-/m1/s1. The molecule has 2 fully saturated rings. The van der Waals surface area contributed by atoms with Crippen LogP contribution in [0.4, 0.5) is 0 Å². The topological polar surface area (TPSA) is 201 Å². The first-order valence-electron chi connectivity index (χ1n) is 6.99. The molecule has 2 heterocycles. The zero-order valence-electron chi connectivity index (χ0n) is 12.0. The lowest BCUT2D eigenvalue weighted by molar-refractivity contribution is -0.387. The Bertz CT molecular complexity index is 418. The second kappa shape index (κ2) is 6.46. The van der Waals surface area contributed by atoms with Gasteiger partial charge in [0, 0.05) is 0 Å². The molecular weight excluding hydrogens is 320 g/mol. The molecule has 0 spiro atoms. The van der Waals surface area contributed by atoms with E-state index in [2.05, 4.69) is 0 Å². The zero-order chi connectivity index (χ0) is 17.6. The second-order valence-electron chi connectivity index (χ2n) is 5.85. The van der Waals surface area contributed by atoms with Gasteiger partial charge in [-0.05, 0) is 0 Å². The molecule has 0 radical (unpaired) electrons. The highest BCUT2D eigenvalue weighted by Crippen LogP contribution is 2.42. The first-order valence-corrected chi connectivity index (χ1v) is 6.99. The van der Waals surface area contributed by atoms with Gasteiger partial charge in [0.15, 0.2) is 17.5 Å². The minimum absolute atomic E-state index is 0.684. The highest BCUT2D eigenvalue weighted by atomic mass is 16.6. The van der Waals surface area contributed by atoms with Crippen molar-refractivity contribution >= 4 is 0 Å². The molecule has 0 saturated carbocycles. The van der Waals surface area contributed by atoms with E-state index in [9.17, 15) is 40.9 Å². The largest absolute Gasteiger partial charge is 0.394 e. The molecule has 0 amide bonds. The Kier molecular flexibility index (Phi) is 5.31. The van der Waals surface area contributed by atoms with Crippen molar-refractivity contribution in [2.24, 2.45) is 0 Å². The lowest BCUT2D eigenvalue weighted by Crippen LogP contribution is -2.82. The molecular formula is C12H22O11. The van der Waals surface area contributed by atoms with Gasteiger partial charge in [-0.1, -0.05) is 0 Å². The minimum atomic E-state index is -2.89. The van der Waals surface area contributed by atoms with Crippen LogP contribution in [-0.2, 0) is 9.47 Å². The Morgan fingerprint density at radius 1 is 0.870 bits per heavy atom. The van der Waals surface area contributed by atoms with Gasteiger partial charge in [0.2, 0.25) is 0 Å². The normalized spacial score (nSPS) is 54.9. The Morgan fingerprint density at radius 2 is 1.48 bits per heavy atom. The van der Waals surface area contributed by atoms with E-state index in [0.717, 1.165) is 0 Å². The van der Waals surface area contributed by atoms with E-state index < -0.39 is 73.9 Å². The molecule has 0 unspecified atom stereocenters. The molecule has 11 nitrogen and oxygen atoms in total. The Labute approximate surface area is 130 Å². The number of aliphatic hydroxyl groups is 9.